The second-order valence-electron chi connectivity index (χ2n) is 8.27. The molecule has 2 heterocycles. The maximum Gasteiger partial charge on any atom is 0.191 e. The summed E-state index contributed by atoms with van der Waals surface area (Å²) in [6, 6.07) is 2.66. The number of thiophene rings is 1. The fraction of sp³-hybridized carbons (Fsp3) is 0.737. The summed E-state index contributed by atoms with van der Waals surface area (Å²) in [5, 5.41) is 9.23. The minimum absolute atomic E-state index is 0.204. The number of sulfone groups is 1. The number of hydrogen-bond acceptors (Lipinski definition) is 4. The molecular formula is C19H29N3O2S2. The zero-order valence-corrected chi connectivity index (χ0v) is 17.0. The van der Waals surface area contributed by atoms with Crippen LogP contribution in [0, 0.1) is 24.7 Å². The van der Waals surface area contributed by atoms with Crippen LogP contribution in [0.1, 0.15) is 42.5 Å². The Balaban J connectivity index is 1.39. The molecule has 2 N–H and O–H groups in total. The van der Waals surface area contributed by atoms with Crippen molar-refractivity contribution >= 4 is 27.1 Å². The van der Waals surface area contributed by atoms with E-state index in [0.29, 0.717) is 30.6 Å². The topological polar surface area (TPSA) is 70.6 Å². The highest BCUT2D eigenvalue weighted by Crippen LogP contribution is 2.44. The number of aryl methyl sites for hydroxylation is 1. The average Bonchev–Trinajstić information content (AvgIpc) is 3.36. The van der Waals surface area contributed by atoms with E-state index < -0.39 is 9.84 Å². The quantitative estimate of drug-likeness (QED) is 0.594. The van der Waals surface area contributed by atoms with Gasteiger partial charge in [0, 0.05) is 17.5 Å². The van der Waals surface area contributed by atoms with Crippen molar-refractivity contribution in [3.63, 3.8) is 0 Å². The Morgan fingerprint density at radius 2 is 2.19 bits per heavy atom. The Labute approximate surface area is 160 Å². The summed E-state index contributed by atoms with van der Waals surface area (Å²) < 4.78 is 23.4. The summed E-state index contributed by atoms with van der Waals surface area (Å²) in [7, 11) is -2.82. The molecule has 2 bridgehead atoms. The highest BCUT2D eigenvalue weighted by molar-refractivity contribution is 7.91. The van der Waals surface area contributed by atoms with Crippen molar-refractivity contribution in [2.45, 2.75) is 51.6 Å². The zero-order valence-electron chi connectivity index (χ0n) is 15.4. The van der Waals surface area contributed by atoms with Gasteiger partial charge in [-0.05, 0) is 67.4 Å². The summed E-state index contributed by atoms with van der Waals surface area (Å²) in [6.07, 6.45) is 6.09. The van der Waals surface area contributed by atoms with E-state index in [1.807, 2.05) is 0 Å². The summed E-state index contributed by atoms with van der Waals surface area (Å²) >= 11 is 1.75. The molecule has 1 aromatic heterocycles. The second-order valence-corrected chi connectivity index (χ2v) is 11.5. The van der Waals surface area contributed by atoms with Gasteiger partial charge in [-0.25, -0.2) is 13.4 Å². The molecule has 0 spiro atoms. The van der Waals surface area contributed by atoms with Crippen molar-refractivity contribution in [3.8, 4) is 0 Å². The van der Waals surface area contributed by atoms with E-state index in [4.69, 9.17) is 4.99 Å². The first kappa shape index (κ1) is 18.3. The van der Waals surface area contributed by atoms with Crippen molar-refractivity contribution in [1.29, 1.82) is 0 Å². The molecule has 144 valence electrons. The standard InChI is InChI=1S/C19H29N3O2S2/c1-13-4-6-25-18(13)11-21-19(20-10-15-5-7-26(23,24)12-15)22-17-9-14-2-3-16(17)8-14/h4,6,14-17H,2-3,5,7-12H2,1H3,(H2,20,21,22). The molecule has 1 aromatic rings. The lowest BCUT2D eigenvalue weighted by Gasteiger charge is -2.25. The maximum absolute atomic E-state index is 11.7. The Bertz CT molecular complexity index is 772. The maximum atomic E-state index is 11.7. The van der Waals surface area contributed by atoms with E-state index in [9.17, 15) is 8.42 Å². The first-order valence-electron chi connectivity index (χ1n) is 9.77. The molecule has 26 heavy (non-hydrogen) atoms. The molecule has 5 nitrogen and oxygen atoms in total. The fourth-order valence-corrected chi connectivity index (χ4v) is 7.43. The first-order valence-corrected chi connectivity index (χ1v) is 12.5. The van der Waals surface area contributed by atoms with E-state index in [1.54, 1.807) is 11.3 Å². The van der Waals surface area contributed by atoms with Crippen molar-refractivity contribution in [1.82, 2.24) is 10.6 Å². The van der Waals surface area contributed by atoms with Crippen LogP contribution in [0.2, 0.25) is 0 Å². The summed E-state index contributed by atoms with van der Waals surface area (Å²) in [4.78, 5) is 6.12. The van der Waals surface area contributed by atoms with Crippen LogP contribution in [0.15, 0.2) is 16.4 Å². The lowest BCUT2D eigenvalue weighted by atomic mass is 9.95. The Morgan fingerprint density at radius 1 is 1.31 bits per heavy atom. The molecule has 4 atom stereocenters. The molecule has 3 aliphatic rings. The van der Waals surface area contributed by atoms with E-state index in [0.717, 1.165) is 24.2 Å². The monoisotopic (exact) mass is 395 g/mol. The van der Waals surface area contributed by atoms with Crippen molar-refractivity contribution in [2.75, 3.05) is 18.1 Å². The van der Waals surface area contributed by atoms with E-state index >= 15 is 0 Å². The van der Waals surface area contributed by atoms with Crippen LogP contribution in [0.3, 0.4) is 0 Å². The third-order valence-electron chi connectivity index (χ3n) is 6.29. The van der Waals surface area contributed by atoms with Crippen LogP contribution in [0.4, 0.5) is 0 Å². The van der Waals surface area contributed by atoms with Gasteiger partial charge in [0.05, 0.1) is 18.1 Å². The molecule has 0 amide bonds. The third-order valence-corrected chi connectivity index (χ3v) is 9.14. The third kappa shape index (κ3) is 4.25. The number of rotatable bonds is 5. The van der Waals surface area contributed by atoms with Crippen molar-refractivity contribution < 1.29 is 8.42 Å². The molecular weight excluding hydrogens is 366 g/mol. The van der Waals surface area contributed by atoms with Gasteiger partial charge in [-0.2, -0.15) is 0 Å². The summed E-state index contributed by atoms with van der Waals surface area (Å²) in [6.45, 7) is 3.50. The van der Waals surface area contributed by atoms with Gasteiger partial charge in [-0.1, -0.05) is 6.42 Å². The summed E-state index contributed by atoms with van der Waals surface area (Å²) in [5.74, 6) is 3.38. The van der Waals surface area contributed by atoms with Gasteiger partial charge in [0.15, 0.2) is 15.8 Å². The number of hydrogen-bond donors (Lipinski definition) is 2. The number of aliphatic imine (C=N–C) groups is 1. The molecule has 1 aliphatic heterocycles. The van der Waals surface area contributed by atoms with Crippen LogP contribution in [0.5, 0.6) is 0 Å². The van der Waals surface area contributed by atoms with E-state index in [-0.39, 0.29) is 5.92 Å². The average molecular weight is 396 g/mol. The van der Waals surface area contributed by atoms with Gasteiger partial charge in [0.2, 0.25) is 0 Å². The number of fused-ring (bicyclic) bond motifs is 2. The van der Waals surface area contributed by atoms with Gasteiger partial charge < -0.3 is 10.6 Å². The molecule has 3 fully saturated rings. The highest BCUT2D eigenvalue weighted by atomic mass is 32.2. The Morgan fingerprint density at radius 3 is 2.81 bits per heavy atom. The van der Waals surface area contributed by atoms with E-state index in [1.165, 1.54) is 36.1 Å². The molecule has 0 radical (unpaired) electrons. The van der Waals surface area contributed by atoms with Crippen molar-refractivity contribution in [3.05, 3.63) is 21.9 Å². The Kier molecular flexibility index (Phi) is 5.28. The smallest absolute Gasteiger partial charge is 0.191 e. The zero-order chi connectivity index (χ0) is 18.1. The predicted molar refractivity (Wildman–Crippen MR) is 107 cm³/mol. The molecule has 2 saturated carbocycles. The largest absolute Gasteiger partial charge is 0.356 e. The fourth-order valence-electron chi connectivity index (χ4n) is 4.74. The second kappa shape index (κ2) is 7.50. The van der Waals surface area contributed by atoms with Crippen LogP contribution >= 0.6 is 11.3 Å². The number of nitrogens with one attached hydrogen (secondary N) is 2. The van der Waals surface area contributed by atoms with Gasteiger partial charge in [0.1, 0.15) is 0 Å². The number of guanidine groups is 1. The molecule has 4 rings (SSSR count). The van der Waals surface area contributed by atoms with Crippen LogP contribution in [0.25, 0.3) is 0 Å². The van der Waals surface area contributed by atoms with Crippen LogP contribution in [-0.2, 0) is 16.4 Å². The lowest BCUT2D eigenvalue weighted by Crippen LogP contribution is -2.47. The Hall–Kier alpha value is -1.08. The summed E-state index contributed by atoms with van der Waals surface area (Å²) in [5.41, 5.74) is 1.29. The van der Waals surface area contributed by atoms with Gasteiger partial charge in [-0.3, -0.25) is 0 Å². The minimum atomic E-state index is -2.82. The molecule has 2 aliphatic carbocycles. The predicted octanol–water partition coefficient (Wildman–Crippen LogP) is 2.72. The van der Waals surface area contributed by atoms with Gasteiger partial charge in [-0.15, -0.1) is 11.3 Å². The normalized spacial score (nSPS) is 32.9. The van der Waals surface area contributed by atoms with Crippen LogP contribution in [-0.4, -0.2) is 38.5 Å². The van der Waals surface area contributed by atoms with Gasteiger partial charge in [0.25, 0.3) is 0 Å². The van der Waals surface area contributed by atoms with E-state index in [2.05, 4.69) is 29.0 Å². The lowest BCUT2D eigenvalue weighted by molar-refractivity contribution is 0.386. The number of nitrogens with zero attached hydrogens (tertiary/aromatic N) is 1. The molecule has 4 unspecified atom stereocenters. The molecule has 0 aromatic carbocycles. The molecule has 1 saturated heterocycles. The first-order chi connectivity index (χ1) is 12.5. The van der Waals surface area contributed by atoms with Crippen LogP contribution < -0.4 is 10.6 Å². The van der Waals surface area contributed by atoms with Crippen molar-refractivity contribution in [2.24, 2.45) is 22.7 Å². The molecule has 7 heteroatoms. The van der Waals surface area contributed by atoms with Gasteiger partial charge >= 0.3 is 0 Å². The SMILES string of the molecule is Cc1ccsc1CN=C(NCC1CCS(=O)(=O)C1)NC1CC2CCC1C2. The minimum Gasteiger partial charge on any atom is -0.356 e. The highest BCUT2D eigenvalue weighted by Gasteiger charge is 2.40.